The number of nitrogens with one attached hydrogen (secondary N) is 3. The molecule has 246 valence electrons. The quantitative estimate of drug-likeness (QED) is 0.161. The van der Waals surface area contributed by atoms with Gasteiger partial charge in [-0.05, 0) is 51.2 Å². The predicted octanol–water partition coefficient (Wildman–Crippen LogP) is 3.81. The summed E-state index contributed by atoms with van der Waals surface area (Å²) in [4.78, 5) is 38.4. The van der Waals surface area contributed by atoms with Crippen molar-refractivity contribution in [1.29, 1.82) is 0 Å². The highest BCUT2D eigenvalue weighted by Crippen LogP contribution is 2.38. The molecule has 4 rings (SSSR count). The minimum absolute atomic E-state index is 0.0676. The summed E-state index contributed by atoms with van der Waals surface area (Å²) < 4.78 is 37.0. The molecule has 0 saturated heterocycles. The molecule has 0 unspecified atom stereocenters. The molecule has 0 radical (unpaired) electrons. The number of para-hydroxylation sites is 2. The van der Waals surface area contributed by atoms with Crippen molar-refractivity contribution in [2.24, 2.45) is 0 Å². The lowest BCUT2D eigenvalue weighted by Crippen LogP contribution is -2.29. The maximum atomic E-state index is 13.1. The number of esters is 1. The van der Waals surface area contributed by atoms with Crippen LogP contribution in [0.25, 0.3) is 0 Å². The molecule has 1 fully saturated rings. The molecule has 0 aliphatic heterocycles. The molecule has 3 N–H and O–H groups in total. The zero-order chi connectivity index (χ0) is 33.6. The number of rotatable bonds is 15. The molecule has 1 aliphatic rings. The van der Waals surface area contributed by atoms with Gasteiger partial charge in [0.15, 0.2) is 5.82 Å². The van der Waals surface area contributed by atoms with Crippen molar-refractivity contribution in [3.8, 4) is 5.75 Å². The molecular formula is C31H40N8O6S. The summed E-state index contributed by atoms with van der Waals surface area (Å²) in [5.74, 6) is -0.372. The van der Waals surface area contributed by atoms with E-state index in [2.05, 4.69) is 37.4 Å². The molecule has 1 aliphatic carbocycles. The van der Waals surface area contributed by atoms with Crippen LogP contribution in [0, 0.1) is 0 Å². The maximum Gasteiger partial charge on any atom is 0.343 e. The van der Waals surface area contributed by atoms with E-state index in [0.717, 1.165) is 29.9 Å². The van der Waals surface area contributed by atoms with Gasteiger partial charge in [0.2, 0.25) is 21.9 Å². The van der Waals surface area contributed by atoms with E-state index in [1.54, 1.807) is 36.4 Å². The second-order valence-corrected chi connectivity index (χ2v) is 13.1. The van der Waals surface area contributed by atoms with Crippen LogP contribution in [0.5, 0.6) is 5.75 Å². The van der Waals surface area contributed by atoms with E-state index >= 15 is 0 Å². The third-order valence-electron chi connectivity index (χ3n) is 7.10. The number of anilines is 7. The van der Waals surface area contributed by atoms with Crippen LogP contribution < -0.4 is 29.9 Å². The number of nitrogens with zero attached hydrogens (tertiary/aromatic N) is 5. The Morgan fingerprint density at radius 2 is 1.74 bits per heavy atom. The fraction of sp³-hybridized carbons (Fsp3) is 0.355. The fourth-order valence-electron chi connectivity index (χ4n) is 4.27. The number of sulfonamides is 1. The van der Waals surface area contributed by atoms with Gasteiger partial charge in [-0.2, -0.15) is 4.98 Å². The Kier molecular flexibility index (Phi) is 10.7. The monoisotopic (exact) mass is 652 g/mol. The van der Waals surface area contributed by atoms with Gasteiger partial charge in [-0.15, -0.1) is 0 Å². The molecule has 15 heteroatoms. The molecule has 0 atom stereocenters. The number of hydrogen-bond acceptors (Lipinski definition) is 12. The van der Waals surface area contributed by atoms with Crippen molar-refractivity contribution < 1.29 is 27.5 Å². The van der Waals surface area contributed by atoms with E-state index < -0.39 is 21.9 Å². The standard InChI is InChI=1S/C31H40N8O6S/c1-8-28(40)33-23-17-24(27(44-6)18-26(23)38(4)16-15-37(2)3)35-31-32-19-21(30(41)45-20-13-14-20)29(36-31)34-22-11-9-10-12-25(22)39(5)46(7,42)43/h8-12,17-20H,1,13-16H2,2-7H3,(H,33,40)(H2,32,34,35,36). The Bertz CT molecular complexity index is 1710. The molecule has 1 amide bonds. The number of aromatic nitrogens is 2. The molecule has 46 heavy (non-hydrogen) atoms. The SMILES string of the molecule is C=CC(=O)Nc1cc(Nc2ncc(C(=O)OC3CC3)c(Nc3ccccc3N(C)S(C)(=O)=O)n2)c(OC)cc1N(C)CCN(C)C. The number of likely N-dealkylation sites (N-methyl/N-ethyl adjacent to an activating group) is 2. The first-order valence-electron chi connectivity index (χ1n) is 14.5. The van der Waals surface area contributed by atoms with Gasteiger partial charge in [-0.1, -0.05) is 18.7 Å². The average Bonchev–Trinajstić information content (AvgIpc) is 3.83. The van der Waals surface area contributed by atoms with Crippen LogP contribution in [0.2, 0.25) is 0 Å². The number of benzene rings is 2. The second-order valence-electron chi connectivity index (χ2n) is 11.0. The Balaban J connectivity index is 1.75. The molecule has 3 aromatic rings. The summed E-state index contributed by atoms with van der Waals surface area (Å²) in [5.41, 5.74) is 2.44. The van der Waals surface area contributed by atoms with Gasteiger partial charge in [0, 0.05) is 39.4 Å². The van der Waals surface area contributed by atoms with Crippen molar-refractivity contribution in [2.75, 3.05) is 79.8 Å². The zero-order valence-corrected chi connectivity index (χ0v) is 27.6. The van der Waals surface area contributed by atoms with Crippen LogP contribution in [-0.2, 0) is 19.6 Å². The number of amides is 1. The number of methoxy groups -OCH3 is 1. The first-order valence-corrected chi connectivity index (χ1v) is 16.3. The predicted molar refractivity (Wildman–Crippen MR) is 180 cm³/mol. The molecule has 2 aromatic carbocycles. The highest BCUT2D eigenvalue weighted by Gasteiger charge is 2.29. The number of ether oxygens (including phenoxy) is 2. The minimum atomic E-state index is -3.59. The van der Waals surface area contributed by atoms with E-state index in [1.807, 2.05) is 26.0 Å². The largest absolute Gasteiger partial charge is 0.494 e. The second kappa shape index (κ2) is 14.5. The summed E-state index contributed by atoms with van der Waals surface area (Å²) in [7, 11) is 5.22. The minimum Gasteiger partial charge on any atom is -0.494 e. The van der Waals surface area contributed by atoms with E-state index in [1.165, 1.54) is 26.4 Å². The van der Waals surface area contributed by atoms with Crippen LogP contribution in [0.1, 0.15) is 23.2 Å². The first kappa shape index (κ1) is 34.0. The first-order chi connectivity index (χ1) is 21.8. The molecule has 1 heterocycles. The van der Waals surface area contributed by atoms with Gasteiger partial charge in [-0.25, -0.2) is 18.2 Å². The number of carbonyl (C=O) groups excluding carboxylic acids is 2. The third kappa shape index (κ3) is 8.63. The summed E-state index contributed by atoms with van der Waals surface area (Å²) in [5, 5.41) is 9.09. The Morgan fingerprint density at radius 1 is 1.02 bits per heavy atom. The molecule has 0 spiro atoms. The Morgan fingerprint density at radius 3 is 2.37 bits per heavy atom. The average molecular weight is 653 g/mol. The molecule has 1 saturated carbocycles. The molecule has 0 bridgehead atoms. The molecule has 1 aromatic heterocycles. The van der Waals surface area contributed by atoms with Gasteiger partial charge in [-0.3, -0.25) is 9.10 Å². The van der Waals surface area contributed by atoms with Gasteiger partial charge in [0.1, 0.15) is 17.4 Å². The van der Waals surface area contributed by atoms with E-state index in [4.69, 9.17) is 9.47 Å². The summed E-state index contributed by atoms with van der Waals surface area (Å²) in [6, 6.07) is 10.2. The van der Waals surface area contributed by atoms with Gasteiger partial charge >= 0.3 is 5.97 Å². The van der Waals surface area contributed by atoms with E-state index in [9.17, 15) is 18.0 Å². The lowest BCUT2D eigenvalue weighted by atomic mass is 10.2. The van der Waals surface area contributed by atoms with Crippen LogP contribution in [0.15, 0.2) is 55.3 Å². The highest BCUT2D eigenvalue weighted by atomic mass is 32.2. The van der Waals surface area contributed by atoms with Crippen LogP contribution in [-0.4, -0.2) is 95.9 Å². The normalized spacial score (nSPS) is 12.7. The Labute approximate surface area is 269 Å². The number of carbonyl (C=O) groups is 2. The lowest BCUT2D eigenvalue weighted by Gasteiger charge is -2.26. The highest BCUT2D eigenvalue weighted by molar-refractivity contribution is 7.92. The van der Waals surface area contributed by atoms with E-state index in [0.29, 0.717) is 40.7 Å². The van der Waals surface area contributed by atoms with Crippen LogP contribution in [0.4, 0.5) is 40.2 Å². The maximum absolute atomic E-state index is 13.1. The summed E-state index contributed by atoms with van der Waals surface area (Å²) in [6.45, 7) is 5.01. The summed E-state index contributed by atoms with van der Waals surface area (Å²) >= 11 is 0. The van der Waals surface area contributed by atoms with Crippen molar-refractivity contribution in [3.05, 3.63) is 60.8 Å². The fourth-order valence-corrected chi connectivity index (χ4v) is 4.79. The smallest absolute Gasteiger partial charge is 0.343 e. The third-order valence-corrected chi connectivity index (χ3v) is 8.29. The van der Waals surface area contributed by atoms with Gasteiger partial charge in [0.05, 0.1) is 41.8 Å². The van der Waals surface area contributed by atoms with Crippen LogP contribution in [0.3, 0.4) is 0 Å². The van der Waals surface area contributed by atoms with Crippen molar-refractivity contribution in [3.63, 3.8) is 0 Å². The molecular weight excluding hydrogens is 612 g/mol. The number of hydrogen-bond donors (Lipinski definition) is 3. The van der Waals surface area contributed by atoms with E-state index in [-0.39, 0.29) is 23.4 Å². The topological polar surface area (TPSA) is 158 Å². The van der Waals surface area contributed by atoms with Crippen molar-refractivity contribution in [1.82, 2.24) is 14.9 Å². The summed E-state index contributed by atoms with van der Waals surface area (Å²) in [6.07, 6.45) is 5.01. The molecule has 14 nitrogen and oxygen atoms in total. The van der Waals surface area contributed by atoms with Crippen molar-refractivity contribution in [2.45, 2.75) is 18.9 Å². The van der Waals surface area contributed by atoms with Gasteiger partial charge in [0.25, 0.3) is 0 Å². The Hall–Kier alpha value is -4.89. The van der Waals surface area contributed by atoms with Crippen LogP contribution >= 0.6 is 0 Å². The van der Waals surface area contributed by atoms with Crippen molar-refractivity contribution >= 4 is 62.1 Å². The lowest BCUT2D eigenvalue weighted by molar-refractivity contribution is -0.111. The zero-order valence-electron chi connectivity index (χ0n) is 26.8. The van der Waals surface area contributed by atoms with Gasteiger partial charge < -0.3 is 35.2 Å².